The molecule has 0 unspecified atom stereocenters. The van der Waals surface area contributed by atoms with Crippen molar-refractivity contribution in [1.29, 1.82) is 0 Å². The minimum atomic E-state index is 0.0704. The smallest absolute Gasteiger partial charge is 0.261 e. The van der Waals surface area contributed by atoms with Gasteiger partial charge in [0.05, 0.1) is 41.7 Å². The fourth-order valence-corrected chi connectivity index (χ4v) is 4.32. The van der Waals surface area contributed by atoms with E-state index in [0.29, 0.717) is 29.4 Å². The van der Waals surface area contributed by atoms with Gasteiger partial charge in [0.2, 0.25) is 0 Å². The van der Waals surface area contributed by atoms with Crippen molar-refractivity contribution in [2.24, 2.45) is 0 Å². The number of hydrogen-bond donors (Lipinski definition) is 1. The fourth-order valence-electron chi connectivity index (χ4n) is 4.32. The first-order valence-electron chi connectivity index (χ1n) is 11.9. The molecule has 2 aliphatic rings. The maximum absolute atomic E-state index is 12.5. The van der Waals surface area contributed by atoms with Gasteiger partial charge >= 0.3 is 0 Å². The lowest BCUT2D eigenvalue weighted by Crippen LogP contribution is -2.17. The highest BCUT2D eigenvalue weighted by atomic mass is 16.5. The molecule has 0 aliphatic heterocycles. The van der Waals surface area contributed by atoms with Crippen LogP contribution in [0.2, 0.25) is 0 Å². The summed E-state index contributed by atoms with van der Waals surface area (Å²) in [5, 5.41) is 12.5. The minimum absolute atomic E-state index is 0.0704. The molecule has 7 rings (SSSR count). The number of nitrogens with zero attached hydrogens (tertiary/aromatic N) is 5. The third-order valence-electron chi connectivity index (χ3n) is 6.57. The molecule has 2 aliphatic carbocycles. The average Bonchev–Trinajstić information content (AvgIpc) is 3.80. The van der Waals surface area contributed by atoms with E-state index in [4.69, 9.17) is 4.74 Å². The first-order valence-corrected chi connectivity index (χ1v) is 11.9. The molecule has 4 aromatic heterocycles. The normalized spacial score (nSPS) is 15.2. The van der Waals surface area contributed by atoms with Crippen LogP contribution in [0.3, 0.4) is 0 Å². The second-order valence-corrected chi connectivity index (χ2v) is 9.19. The van der Waals surface area contributed by atoms with Crippen LogP contribution in [0.15, 0.2) is 70.8 Å². The first-order chi connectivity index (χ1) is 17.1. The number of benzene rings is 1. The van der Waals surface area contributed by atoms with Gasteiger partial charge in [0, 0.05) is 30.7 Å². The van der Waals surface area contributed by atoms with Crippen molar-refractivity contribution in [3.05, 3.63) is 87.5 Å². The van der Waals surface area contributed by atoms with Crippen LogP contribution < -0.4 is 15.9 Å². The number of rotatable bonds is 5. The van der Waals surface area contributed by atoms with Crippen molar-refractivity contribution < 1.29 is 4.74 Å². The van der Waals surface area contributed by atoms with Crippen LogP contribution >= 0.6 is 0 Å². The minimum Gasteiger partial charge on any atom is -0.497 e. The van der Waals surface area contributed by atoms with Crippen LogP contribution in [0.4, 0.5) is 0 Å². The third kappa shape index (κ3) is 4.25. The van der Waals surface area contributed by atoms with Gasteiger partial charge in [-0.1, -0.05) is 12.1 Å². The Hall–Kier alpha value is -4.14. The molecule has 9 heteroatoms. The van der Waals surface area contributed by atoms with Gasteiger partial charge in [-0.15, -0.1) is 0 Å². The van der Waals surface area contributed by atoms with Crippen molar-refractivity contribution in [3.8, 4) is 5.75 Å². The molecule has 0 saturated heterocycles. The summed E-state index contributed by atoms with van der Waals surface area (Å²) < 4.78 is 10.6. The van der Waals surface area contributed by atoms with Gasteiger partial charge in [0.15, 0.2) is 0 Å². The second kappa shape index (κ2) is 8.57. The zero-order valence-electron chi connectivity index (χ0n) is 19.4. The van der Waals surface area contributed by atoms with Crippen LogP contribution in [-0.4, -0.2) is 36.2 Å². The fraction of sp³-hybridized carbons (Fsp3) is 0.308. The van der Waals surface area contributed by atoms with Gasteiger partial charge in [0.1, 0.15) is 5.75 Å². The van der Waals surface area contributed by atoms with Gasteiger partial charge in [-0.3, -0.25) is 19.4 Å². The van der Waals surface area contributed by atoms with E-state index < -0.39 is 0 Å². The second-order valence-electron chi connectivity index (χ2n) is 9.19. The molecule has 2 fully saturated rings. The molecule has 5 aromatic rings. The van der Waals surface area contributed by atoms with Crippen molar-refractivity contribution in [2.45, 2.75) is 44.3 Å². The van der Waals surface area contributed by atoms with E-state index in [0.717, 1.165) is 48.0 Å². The van der Waals surface area contributed by atoms with Crippen molar-refractivity contribution in [1.82, 2.24) is 29.1 Å². The van der Waals surface area contributed by atoms with Gasteiger partial charge < -0.3 is 13.9 Å². The number of nitrogens with one attached hydrogen (secondary N) is 1. The van der Waals surface area contributed by atoms with Gasteiger partial charge in [-0.25, -0.2) is 0 Å². The maximum atomic E-state index is 12.5. The van der Waals surface area contributed by atoms with E-state index in [2.05, 4.69) is 15.3 Å². The Morgan fingerprint density at radius 3 is 2.23 bits per heavy atom. The molecule has 9 nitrogen and oxygen atoms in total. The highest BCUT2D eigenvalue weighted by molar-refractivity contribution is 5.77. The van der Waals surface area contributed by atoms with Gasteiger partial charge in [-0.2, -0.15) is 10.2 Å². The highest BCUT2D eigenvalue weighted by Crippen LogP contribution is 2.34. The summed E-state index contributed by atoms with van der Waals surface area (Å²) in [6.45, 7) is 0.640. The lowest BCUT2D eigenvalue weighted by Gasteiger charge is -2.03. The molecule has 0 bridgehead atoms. The zero-order chi connectivity index (χ0) is 23.9. The number of pyridine rings is 2. The monoisotopic (exact) mass is 470 g/mol. The van der Waals surface area contributed by atoms with E-state index in [9.17, 15) is 9.59 Å². The molecule has 35 heavy (non-hydrogen) atoms. The molecule has 178 valence electrons. The molecule has 1 N–H and O–H groups in total. The van der Waals surface area contributed by atoms with Gasteiger partial charge in [-0.05, 0) is 55.5 Å². The molecule has 0 atom stereocenters. The standard InChI is InChI=1S/C17H17N3O2.C9H9N3O/c1-22-14-6-2-12(3-7-14)10-19-11-15-16(18-19)8-9-20(17(15)21)13-4-5-13;13-9-7-5-10-11-8(7)3-4-12(9)6-1-2-6/h2-3,6-9,11,13H,4-5,10H2,1H3;3-6H,1-2H2,(H,10,11). The highest BCUT2D eigenvalue weighted by Gasteiger charge is 2.25. The maximum Gasteiger partial charge on any atom is 0.261 e. The first kappa shape index (κ1) is 21.4. The summed E-state index contributed by atoms with van der Waals surface area (Å²) in [5.74, 6) is 0.835. The molecular formula is C26H26N6O3. The average molecular weight is 471 g/mol. The molecule has 2 saturated carbocycles. The molecule has 4 heterocycles. The molecule has 0 amide bonds. The number of fused-ring (bicyclic) bond motifs is 2. The van der Waals surface area contributed by atoms with Crippen molar-refractivity contribution >= 4 is 21.8 Å². The summed E-state index contributed by atoms with van der Waals surface area (Å²) in [5.41, 5.74) is 2.85. The lowest BCUT2D eigenvalue weighted by atomic mass is 10.2. The Balaban J connectivity index is 0.000000149. The number of H-pyrrole nitrogens is 1. The summed E-state index contributed by atoms with van der Waals surface area (Å²) in [4.78, 5) is 24.2. The zero-order valence-corrected chi connectivity index (χ0v) is 19.4. The Bertz CT molecular complexity index is 1620. The van der Waals surface area contributed by atoms with Crippen molar-refractivity contribution in [2.75, 3.05) is 7.11 Å². The van der Waals surface area contributed by atoms with Crippen LogP contribution in [0, 0.1) is 0 Å². The summed E-state index contributed by atoms with van der Waals surface area (Å²) >= 11 is 0. The van der Waals surface area contributed by atoms with Crippen molar-refractivity contribution in [3.63, 3.8) is 0 Å². The van der Waals surface area contributed by atoms with E-state index >= 15 is 0 Å². The van der Waals surface area contributed by atoms with E-state index in [-0.39, 0.29) is 11.1 Å². The number of hydrogen-bond acceptors (Lipinski definition) is 5. The van der Waals surface area contributed by atoms with E-state index in [1.165, 1.54) is 0 Å². The molecular weight excluding hydrogens is 444 g/mol. The quantitative estimate of drug-likeness (QED) is 0.423. The Morgan fingerprint density at radius 1 is 0.914 bits per heavy atom. The molecule has 1 aromatic carbocycles. The Kier molecular flexibility index (Phi) is 5.24. The SMILES string of the molecule is COc1ccc(Cn2cc3c(=O)n(C4CC4)ccc3n2)cc1.O=c1c2cn[nH]c2ccn1C1CC1. The predicted molar refractivity (Wildman–Crippen MR) is 133 cm³/mol. The summed E-state index contributed by atoms with van der Waals surface area (Å²) in [7, 11) is 1.65. The number of aromatic nitrogens is 6. The van der Waals surface area contributed by atoms with Crippen LogP contribution in [0.25, 0.3) is 21.8 Å². The third-order valence-corrected chi connectivity index (χ3v) is 6.57. The van der Waals surface area contributed by atoms with E-state index in [1.54, 1.807) is 17.9 Å². The number of aromatic amines is 1. The summed E-state index contributed by atoms with van der Waals surface area (Å²) in [6, 6.07) is 12.5. The lowest BCUT2D eigenvalue weighted by molar-refractivity contribution is 0.414. The van der Waals surface area contributed by atoms with Crippen LogP contribution in [-0.2, 0) is 6.54 Å². The molecule has 0 radical (unpaired) electrons. The predicted octanol–water partition coefficient (Wildman–Crippen LogP) is 3.65. The summed E-state index contributed by atoms with van der Waals surface area (Å²) in [6.07, 6.45) is 11.6. The molecule has 0 spiro atoms. The number of ether oxygens (including phenoxy) is 1. The van der Waals surface area contributed by atoms with E-state index in [1.807, 2.05) is 64.2 Å². The largest absolute Gasteiger partial charge is 0.497 e. The van der Waals surface area contributed by atoms with Crippen LogP contribution in [0.1, 0.15) is 43.3 Å². The Labute approximate surface area is 200 Å². The topological polar surface area (TPSA) is 99.7 Å². The van der Waals surface area contributed by atoms with Crippen LogP contribution in [0.5, 0.6) is 5.75 Å². The van der Waals surface area contributed by atoms with Gasteiger partial charge in [0.25, 0.3) is 11.1 Å². The number of methoxy groups -OCH3 is 1. The Morgan fingerprint density at radius 2 is 1.57 bits per heavy atom.